The maximum atomic E-state index is 5.61. The second kappa shape index (κ2) is 13.2. The zero-order valence-electron chi connectivity index (χ0n) is 16.4. The lowest BCUT2D eigenvalue weighted by Crippen LogP contribution is -2.40. The van der Waals surface area contributed by atoms with Gasteiger partial charge in [-0.3, -0.25) is 4.99 Å². The number of hydrogen-bond acceptors (Lipinski definition) is 3. The Morgan fingerprint density at radius 2 is 1.96 bits per heavy atom. The summed E-state index contributed by atoms with van der Waals surface area (Å²) in [6, 6.07) is 8.45. The molecule has 2 rings (SSSR count). The van der Waals surface area contributed by atoms with Crippen LogP contribution in [0.4, 0.5) is 0 Å². The highest BCUT2D eigenvalue weighted by Crippen LogP contribution is 2.28. The fourth-order valence-electron chi connectivity index (χ4n) is 3.16. The number of ether oxygens (including phenoxy) is 2. The quantitative estimate of drug-likeness (QED) is 0.255. The van der Waals surface area contributed by atoms with Crippen molar-refractivity contribution in [2.45, 2.75) is 38.5 Å². The van der Waals surface area contributed by atoms with Crippen molar-refractivity contribution in [1.29, 1.82) is 0 Å². The Kier molecular flexibility index (Phi) is 11.7. The Morgan fingerprint density at radius 1 is 1.23 bits per heavy atom. The first-order valence-corrected chi connectivity index (χ1v) is 9.45. The molecule has 1 aliphatic heterocycles. The zero-order chi connectivity index (χ0) is 17.9. The SMILES string of the molecule is CCCCOCCCNC(=NC)N1CCC(c2ccc(OC)cc2)C1.I. The minimum absolute atomic E-state index is 0. The number of methoxy groups -OCH3 is 1. The summed E-state index contributed by atoms with van der Waals surface area (Å²) in [5, 5.41) is 3.47. The van der Waals surface area contributed by atoms with Crippen molar-refractivity contribution in [3.05, 3.63) is 29.8 Å². The normalized spacial score (nSPS) is 17.1. The van der Waals surface area contributed by atoms with Gasteiger partial charge in [0.25, 0.3) is 0 Å². The van der Waals surface area contributed by atoms with Crippen molar-refractivity contribution in [2.24, 2.45) is 4.99 Å². The van der Waals surface area contributed by atoms with E-state index < -0.39 is 0 Å². The van der Waals surface area contributed by atoms with Crippen LogP contribution < -0.4 is 10.1 Å². The van der Waals surface area contributed by atoms with Gasteiger partial charge in [0, 0.05) is 45.8 Å². The molecule has 5 nitrogen and oxygen atoms in total. The molecule has 1 aliphatic rings. The third-order valence-corrected chi connectivity index (χ3v) is 4.68. The van der Waals surface area contributed by atoms with E-state index in [1.807, 2.05) is 19.2 Å². The molecule has 1 fully saturated rings. The summed E-state index contributed by atoms with van der Waals surface area (Å²) in [6.07, 6.45) is 4.51. The van der Waals surface area contributed by atoms with E-state index >= 15 is 0 Å². The molecule has 1 aromatic rings. The van der Waals surface area contributed by atoms with Crippen molar-refractivity contribution in [3.8, 4) is 5.75 Å². The highest BCUT2D eigenvalue weighted by atomic mass is 127. The van der Waals surface area contributed by atoms with Crippen molar-refractivity contribution in [1.82, 2.24) is 10.2 Å². The third-order valence-electron chi connectivity index (χ3n) is 4.68. The van der Waals surface area contributed by atoms with E-state index in [0.717, 1.165) is 63.8 Å². The monoisotopic (exact) mass is 475 g/mol. The number of aliphatic imine (C=N–C) groups is 1. The summed E-state index contributed by atoms with van der Waals surface area (Å²) in [6.45, 7) is 6.84. The molecule has 0 radical (unpaired) electrons. The molecule has 0 saturated carbocycles. The van der Waals surface area contributed by atoms with E-state index in [1.54, 1.807) is 7.11 Å². The van der Waals surface area contributed by atoms with E-state index in [2.05, 4.69) is 34.3 Å². The molecule has 1 unspecified atom stereocenters. The van der Waals surface area contributed by atoms with Crippen LogP contribution >= 0.6 is 24.0 Å². The maximum absolute atomic E-state index is 5.61. The van der Waals surface area contributed by atoms with Crippen LogP contribution in [-0.4, -0.2) is 57.9 Å². The number of benzene rings is 1. The molecule has 26 heavy (non-hydrogen) atoms. The summed E-state index contributed by atoms with van der Waals surface area (Å²) in [5.74, 6) is 2.48. The molecule has 1 heterocycles. The van der Waals surface area contributed by atoms with Gasteiger partial charge in [0.2, 0.25) is 0 Å². The van der Waals surface area contributed by atoms with Crippen LogP contribution in [0.1, 0.15) is 44.1 Å². The number of nitrogens with zero attached hydrogens (tertiary/aromatic N) is 2. The molecular formula is C20H34IN3O2. The van der Waals surface area contributed by atoms with Gasteiger partial charge >= 0.3 is 0 Å². The van der Waals surface area contributed by atoms with Crippen molar-refractivity contribution in [2.75, 3.05) is 47.0 Å². The Hall–Kier alpha value is -1.02. The lowest BCUT2D eigenvalue weighted by Gasteiger charge is -2.22. The van der Waals surface area contributed by atoms with Crippen LogP contribution in [0, 0.1) is 0 Å². The minimum Gasteiger partial charge on any atom is -0.497 e. The molecule has 1 atom stereocenters. The average Bonchev–Trinajstić information content (AvgIpc) is 3.14. The molecule has 1 N–H and O–H groups in total. The standard InChI is InChI=1S/C20H33N3O2.HI/c1-4-5-14-25-15-6-12-22-20(21-2)23-13-11-18(16-23)17-7-9-19(24-3)10-8-17;/h7-10,18H,4-6,11-16H2,1-3H3,(H,21,22);1H. The minimum atomic E-state index is 0. The summed E-state index contributed by atoms with van der Waals surface area (Å²) < 4.78 is 10.8. The zero-order valence-corrected chi connectivity index (χ0v) is 18.7. The van der Waals surface area contributed by atoms with Gasteiger partial charge in [0.05, 0.1) is 7.11 Å². The van der Waals surface area contributed by atoms with E-state index in [-0.39, 0.29) is 24.0 Å². The van der Waals surface area contributed by atoms with Gasteiger partial charge in [-0.25, -0.2) is 0 Å². The Morgan fingerprint density at radius 3 is 2.62 bits per heavy atom. The summed E-state index contributed by atoms with van der Waals surface area (Å²) in [5.41, 5.74) is 1.38. The summed E-state index contributed by atoms with van der Waals surface area (Å²) in [4.78, 5) is 6.80. The topological polar surface area (TPSA) is 46.1 Å². The van der Waals surface area contributed by atoms with Gasteiger partial charge in [-0.05, 0) is 37.0 Å². The van der Waals surface area contributed by atoms with Gasteiger partial charge in [-0.2, -0.15) is 0 Å². The first-order chi connectivity index (χ1) is 12.3. The molecule has 0 aromatic heterocycles. The first-order valence-electron chi connectivity index (χ1n) is 9.45. The number of hydrogen-bond donors (Lipinski definition) is 1. The van der Waals surface area contributed by atoms with E-state index in [1.165, 1.54) is 12.0 Å². The van der Waals surface area contributed by atoms with Crippen LogP contribution in [0.3, 0.4) is 0 Å². The van der Waals surface area contributed by atoms with Crippen LogP contribution in [-0.2, 0) is 4.74 Å². The Bertz CT molecular complexity index is 522. The second-order valence-electron chi connectivity index (χ2n) is 6.50. The van der Waals surface area contributed by atoms with Crippen molar-refractivity contribution >= 4 is 29.9 Å². The molecule has 148 valence electrons. The maximum Gasteiger partial charge on any atom is 0.193 e. The van der Waals surface area contributed by atoms with Gasteiger partial charge in [-0.1, -0.05) is 25.5 Å². The average molecular weight is 475 g/mol. The molecule has 1 aromatic carbocycles. The Labute approximate surface area is 175 Å². The molecule has 0 spiro atoms. The first kappa shape index (κ1) is 23.0. The predicted octanol–water partition coefficient (Wildman–Crippen LogP) is 3.88. The molecular weight excluding hydrogens is 441 g/mol. The fraction of sp³-hybridized carbons (Fsp3) is 0.650. The highest BCUT2D eigenvalue weighted by Gasteiger charge is 2.25. The molecule has 0 amide bonds. The molecule has 0 bridgehead atoms. The fourth-order valence-corrected chi connectivity index (χ4v) is 3.16. The largest absolute Gasteiger partial charge is 0.497 e. The predicted molar refractivity (Wildman–Crippen MR) is 119 cm³/mol. The molecule has 6 heteroatoms. The van der Waals surface area contributed by atoms with Gasteiger partial charge < -0.3 is 19.7 Å². The van der Waals surface area contributed by atoms with Crippen LogP contribution in [0.5, 0.6) is 5.75 Å². The number of nitrogens with one attached hydrogen (secondary N) is 1. The summed E-state index contributed by atoms with van der Waals surface area (Å²) >= 11 is 0. The number of rotatable bonds is 9. The lowest BCUT2D eigenvalue weighted by atomic mass is 9.98. The third kappa shape index (κ3) is 7.31. The highest BCUT2D eigenvalue weighted by molar-refractivity contribution is 14.0. The van der Waals surface area contributed by atoms with Gasteiger partial charge in [0.15, 0.2) is 5.96 Å². The van der Waals surface area contributed by atoms with Gasteiger partial charge in [0.1, 0.15) is 5.75 Å². The number of guanidine groups is 1. The molecule has 1 saturated heterocycles. The van der Waals surface area contributed by atoms with Crippen LogP contribution in [0.15, 0.2) is 29.3 Å². The van der Waals surface area contributed by atoms with E-state index in [0.29, 0.717) is 5.92 Å². The van der Waals surface area contributed by atoms with Gasteiger partial charge in [-0.15, -0.1) is 24.0 Å². The van der Waals surface area contributed by atoms with E-state index in [4.69, 9.17) is 9.47 Å². The lowest BCUT2D eigenvalue weighted by molar-refractivity contribution is 0.129. The van der Waals surface area contributed by atoms with Crippen LogP contribution in [0.2, 0.25) is 0 Å². The Balaban J connectivity index is 0.00000338. The molecule has 0 aliphatic carbocycles. The number of unbranched alkanes of at least 4 members (excludes halogenated alkanes) is 1. The smallest absolute Gasteiger partial charge is 0.193 e. The number of halogens is 1. The second-order valence-corrected chi connectivity index (χ2v) is 6.50. The van der Waals surface area contributed by atoms with Crippen molar-refractivity contribution < 1.29 is 9.47 Å². The van der Waals surface area contributed by atoms with Crippen molar-refractivity contribution in [3.63, 3.8) is 0 Å². The number of likely N-dealkylation sites (tertiary alicyclic amines) is 1. The van der Waals surface area contributed by atoms with Crippen LogP contribution in [0.25, 0.3) is 0 Å². The summed E-state index contributed by atoms with van der Waals surface area (Å²) in [7, 11) is 3.57. The van der Waals surface area contributed by atoms with E-state index in [9.17, 15) is 0 Å².